The van der Waals surface area contributed by atoms with Gasteiger partial charge in [-0.1, -0.05) is 17.7 Å². The summed E-state index contributed by atoms with van der Waals surface area (Å²) in [5.41, 5.74) is -1.54. The third-order valence-corrected chi connectivity index (χ3v) is 5.09. The zero-order valence-electron chi connectivity index (χ0n) is 19.1. The minimum absolute atomic E-state index is 0.0345. The van der Waals surface area contributed by atoms with Crippen LogP contribution in [0, 0.1) is 41.7 Å². The van der Waals surface area contributed by atoms with E-state index in [2.05, 4.69) is 5.32 Å². The molecule has 0 heterocycles. The average Bonchev–Trinajstić information content (AvgIpc) is 2.88. The molecule has 3 aromatic rings. The van der Waals surface area contributed by atoms with Crippen LogP contribution in [0.15, 0.2) is 60.2 Å². The van der Waals surface area contributed by atoms with E-state index in [1.807, 2.05) is 0 Å². The Bertz CT molecular complexity index is 1550. The van der Waals surface area contributed by atoms with Gasteiger partial charge in [-0.05, 0) is 35.9 Å². The van der Waals surface area contributed by atoms with Crippen LogP contribution in [0.4, 0.5) is 22.7 Å². The quantitative estimate of drug-likeness (QED) is 0.158. The molecule has 1 amide bonds. The van der Waals surface area contributed by atoms with Crippen LogP contribution in [0.25, 0.3) is 6.08 Å². The molecule has 15 heteroatoms. The molecule has 0 aliphatic heterocycles. The first-order valence-electron chi connectivity index (χ1n) is 10.2. The van der Waals surface area contributed by atoms with E-state index in [1.54, 1.807) is 6.07 Å². The number of carbonyl (C=O) groups excluding carboxylic acids is 1. The van der Waals surface area contributed by atoms with Gasteiger partial charge in [0.1, 0.15) is 11.6 Å². The molecule has 0 saturated heterocycles. The van der Waals surface area contributed by atoms with Gasteiger partial charge in [0.25, 0.3) is 17.3 Å². The first kappa shape index (κ1) is 27.0. The van der Waals surface area contributed by atoms with Crippen molar-refractivity contribution in [2.45, 2.75) is 0 Å². The average molecular weight is 540 g/mol. The molecule has 38 heavy (non-hydrogen) atoms. The van der Waals surface area contributed by atoms with Crippen molar-refractivity contribution in [3.63, 3.8) is 0 Å². The molecule has 0 aliphatic carbocycles. The lowest BCUT2D eigenvalue weighted by Gasteiger charge is -2.13. The number of nitro benzene ring substituents is 3. The number of benzene rings is 3. The standard InChI is InChI=1S/C23H14ClN5O9/c1-37-21-9-13(7-14(12-25)23(30)26-15-3-2-4-16(10-15)27(31)32)8-18(24)22(21)38-20-6-5-17(28(33)34)11-19(20)29(35)36/h2-11H,1H3,(H,26,30)/b14-7+. The van der Waals surface area contributed by atoms with Crippen LogP contribution in [0.2, 0.25) is 5.02 Å². The molecule has 3 aromatic carbocycles. The fourth-order valence-electron chi connectivity index (χ4n) is 3.09. The molecule has 0 spiro atoms. The number of nitro groups is 3. The molecule has 0 fully saturated rings. The predicted molar refractivity (Wildman–Crippen MR) is 133 cm³/mol. The van der Waals surface area contributed by atoms with Crippen LogP contribution in [-0.2, 0) is 4.79 Å². The third kappa shape index (κ3) is 6.17. The summed E-state index contributed by atoms with van der Waals surface area (Å²) in [6, 6.07) is 12.2. The number of rotatable bonds is 9. The van der Waals surface area contributed by atoms with Crippen molar-refractivity contribution in [2.24, 2.45) is 0 Å². The zero-order chi connectivity index (χ0) is 28.0. The maximum atomic E-state index is 12.6. The lowest BCUT2D eigenvalue weighted by Crippen LogP contribution is -2.13. The van der Waals surface area contributed by atoms with E-state index < -0.39 is 32.1 Å². The number of carbonyl (C=O) groups is 1. The van der Waals surface area contributed by atoms with Crippen molar-refractivity contribution >= 4 is 46.3 Å². The number of ether oxygens (including phenoxy) is 2. The summed E-state index contributed by atoms with van der Waals surface area (Å²) in [4.78, 5) is 43.6. The predicted octanol–water partition coefficient (Wildman–Crippen LogP) is 5.41. The highest BCUT2D eigenvalue weighted by atomic mass is 35.5. The smallest absolute Gasteiger partial charge is 0.318 e. The van der Waals surface area contributed by atoms with Gasteiger partial charge in [0.05, 0.1) is 33.0 Å². The van der Waals surface area contributed by atoms with Crippen molar-refractivity contribution in [1.29, 1.82) is 5.26 Å². The SMILES string of the molecule is COc1cc(/C=C(\C#N)C(=O)Nc2cccc([N+](=O)[O-])c2)cc(Cl)c1Oc1ccc([N+](=O)[O-])cc1[N+](=O)[O-]. The molecular weight excluding hydrogens is 526 g/mol. The van der Waals surface area contributed by atoms with Crippen LogP contribution >= 0.6 is 11.6 Å². The maximum absolute atomic E-state index is 12.6. The summed E-state index contributed by atoms with van der Waals surface area (Å²) >= 11 is 6.30. The first-order chi connectivity index (χ1) is 18.0. The highest BCUT2D eigenvalue weighted by Crippen LogP contribution is 2.43. The fraction of sp³-hybridized carbons (Fsp3) is 0.0435. The molecule has 0 unspecified atom stereocenters. The molecular formula is C23H14ClN5O9. The molecule has 3 rings (SSSR count). The van der Waals surface area contributed by atoms with E-state index in [1.165, 1.54) is 43.5 Å². The summed E-state index contributed by atoms with van der Waals surface area (Å²) in [5, 5.41) is 45.0. The lowest BCUT2D eigenvalue weighted by atomic mass is 10.1. The van der Waals surface area contributed by atoms with Crippen molar-refractivity contribution in [3.8, 4) is 23.3 Å². The van der Waals surface area contributed by atoms with Gasteiger partial charge in [-0.25, -0.2) is 0 Å². The minimum atomic E-state index is -0.862. The molecule has 14 nitrogen and oxygen atoms in total. The van der Waals surface area contributed by atoms with E-state index in [4.69, 9.17) is 21.1 Å². The number of nitriles is 1. The second kappa shape index (κ2) is 11.5. The molecule has 192 valence electrons. The van der Waals surface area contributed by atoms with Gasteiger partial charge in [-0.3, -0.25) is 35.1 Å². The van der Waals surface area contributed by atoms with E-state index in [9.17, 15) is 40.4 Å². The van der Waals surface area contributed by atoms with Crippen LogP contribution in [0.1, 0.15) is 5.56 Å². The van der Waals surface area contributed by atoms with Gasteiger partial charge in [-0.2, -0.15) is 5.26 Å². The zero-order valence-corrected chi connectivity index (χ0v) is 19.9. The Kier molecular flexibility index (Phi) is 8.15. The molecule has 0 aromatic heterocycles. The Labute approximate surface area is 217 Å². The van der Waals surface area contributed by atoms with Crippen molar-refractivity contribution in [1.82, 2.24) is 0 Å². The van der Waals surface area contributed by atoms with Gasteiger partial charge < -0.3 is 14.8 Å². The number of non-ortho nitro benzene ring substituents is 2. The van der Waals surface area contributed by atoms with Crippen LogP contribution in [0.3, 0.4) is 0 Å². The monoisotopic (exact) mass is 539 g/mol. The second-order valence-electron chi connectivity index (χ2n) is 7.23. The highest BCUT2D eigenvalue weighted by Gasteiger charge is 2.24. The van der Waals surface area contributed by atoms with E-state index in [0.29, 0.717) is 0 Å². The molecule has 0 radical (unpaired) electrons. The van der Waals surface area contributed by atoms with E-state index in [-0.39, 0.29) is 44.8 Å². The number of hydrogen-bond donors (Lipinski definition) is 1. The fourth-order valence-corrected chi connectivity index (χ4v) is 3.35. The summed E-state index contributed by atoms with van der Waals surface area (Å²) in [6.07, 6.45) is 1.17. The Hall–Kier alpha value is -5.55. The Balaban J connectivity index is 1.94. The number of amides is 1. The molecule has 0 bridgehead atoms. The van der Waals surface area contributed by atoms with Gasteiger partial charge >= 0.3 is 5.69 Å². The topological polar surface area (TPSA) is 201 Å². The summed E-state index contributed by atoms with van der Waals surface area (Å²) in [5.74, 6) is -1.40. The Morgan fingerprint density at radius 3 is 2.26 bits per heavy atom. The van der Waals surface area contributed by atoms with Gasteiger partial charge in [0.2, 0.25) is 5.75 Å². The lowest BCUT2D eigenvalue weighted by molar-refractivity contribution is -0.394. The number of nitrogens with zero attached hydrogens (tertiary/aromatic N) is 4. The Morgan fingerprint density at radius 2 is 1.66 bits per heavy atom. The first-order valence-corrected chi connectivity index (χ1v) is 10.6. The van der Waals surface area contributed by atoms with E-state index in [0.717, 1.165) is 24.3 Å². The molecule has 0 aliphatic rings. The van der Waals surface area contributed by atoms with Crippen LogP contribution in [0.5, 0.6) is 17.2 Å². The molecule has 0 saturated carbocycles. The number of anilines is 1. The van der Waals surface area contributed by atoms with Crippen molar-refractivity contribution in [2.75, 3.05) is 12.4 Å². The minimum Gasteiger partial charge on any atom is -0.493 e. The van der Waals surface area contributed by atoms with Crippen LogP contribution < -0.4 is 14.8 Å². The summed E-state index contributed by atoms with van der Waals surface area (Å²) in [7, 11) is 1.25. The van der Waals surface area contributed by atoms with E-state index >= 15 is 0 Å². The van der Waals surface area contributed by atoms with Gasteiger partial charge in [0, 0.05) is 23.9 Å². The van der Waals surface area contributed by atoms with Crippen molar-refractivity contribution in [3.05, 3.63) is 101 Å². The third-order valence-electron chi connectivity index (χ3n) is 4.80. The van der Waals surface area contributed by atoms with Gasteiger partial charge in [0.15, 0.2) is 11.5 Å². The number of nitrogens with one attached hydrogen (secondary N) is 1. The summed E-state index contributed by atoms with van der Waals surface area (Å²) < 4.78 is 10.8. The Morgan fingerprint density at radius 1 is 0.974 bits per heavy atom. The molecule has 0 atom stereocenters. The largest absolute Gasteiger partial charge is 0.493 e. The summed E-state index contributed by atoms with van der Waals surface area (Å²) in [6.45, 7) is 0. The second-order valence-corrected chi connectivity index (χ2v) is 7.64. The number of methoxy groups -OCH3 is 1. The highest BCUT2D eigenvalue weighted by molar-refractivity contribution is 6.32. The molecule has 1 N–H and O–H groups in total. The van der Waals surface area contributed by atoms with Crippen molar-refractivity contribution < 1.29 is 29.0 Å². The number of halogens is 1. The number of hydrogen-bond acceptors (Lipinski definition) is 10. The van der Waals surface area contributed by atoms with Gasteiger partial charge in [-0.15, -0.1) is 0 Å². The normalized spacial score (nSPS) is 10.7. The van der Waals surface area contributed by atoms with Crippen LogP contribution in [-0.4, -0.2) is 27.8 Å². The maximum Gasteiger partial charge on any atom is 0.318 e.